The number of ketones is 1. The molecule has 1 atom stereocenters. The number of ether oxygens (including phenoxy) is 1. The number of carbonyl (C=O) groups is 1. The number of Topliss-reactive ketones (excluding diaryl/α,β-unsaturated/α-hetero) is 1. The molecule has 0 unspecified atom stereocenters. The number of aryl methyl sites for hydroxylation is 1. The number of nitro groups is 1. The summed E-state index contributed by atoms with van der Waals surface area (Å²) in [5.41, 5.74) is 2.07. The molecule has 0 aliphatic heterocycles. The first kappa shape index (κ1) is 17.0. The predicted molar refractivity (Wildman–Crippen MR) is 95.6 cm³/mol. The van der Waals surface area contributed by atoms with E-state index in [0.717, 1.165) is 16.6 Å². The number of H-pyrrole nitrogens is 1. The van der Waals surface area contributed by atoms with Gasteiger partial charge in [0.15, 0.2) is 6.10 Å². The highest BCUT2D eigenvalue weighted by Crippen LogP contribution is 2.30. The van der Waals surface area contributed by atoms with Crippen molar-refractivity contribution in [2.75, 3.05) is 0 Å². The van der Waals surface area contributed by atoms with E-state index in [1.54, 1.807) is 6.92 Å². The second-order valence-corrected chi connectivity index (χ2v) is 6.07. The van der Waals surface area contributed by atoms with Gasteiger partial charge in [-0.15, -0.1) is 0 Å². The molecule has 0 bridgehead atoms. The van der Waals surface area contributed by atoms with Gasteiger partial charge in [0.05, 0.1) is 9.95 Å². The number of rotatable bonds is 5. The molecular formula is C18H15ClN2O4. The zero-order chi connectivity index (χ0) is 18.1. The Morgan fingerprint density at radius 1 is 1.28 bits per heavy atom. The van der Waals surface area contributed by atoms with E-state index >= 15 is 0 Å². The summed E-state index contributed by atoms with van der Waals surface area (Å²) in [5, 5.41) is 11.7. The monoisotopic (exact) mass is 358 g/mol. The first-order valence-corrected chi connectivity index (χ1v) is 7.98. The van der Waals surface area contributed by atoms with Crippen molar-refractivity contribution in [2.45, 2.75) is 20.0 Å². The van der Waals surface area contributed by atoms with E-state index in [-0.39, 0.29) is 22.2 Å². The molecule has 0 aliphatic carbocycles. The number of aromatic nitrogens is 1. The molecule has 2 aromatic carbocycles. The highest BCUT2D eigenvalue weighted by molar-refractivity contribution is 6.32. The number of para-hydroxylation sites is 1. The fourth-order valence-electron chi connectivity index (χ4n) is 2.74. The standard InChI is InChI=1S/C18H15ClN2O4/c1-10-17(13-5-3-4-6-15(13)20-10)18(22)11(2)25-16-8-7-12(21(23)24)9-14(16)19/h3-9,11,20H,1-2H3/t11-/m0/s1. The first-order valence-electron chi connectivity index (χ1n) is 7.60. The van der Waals surface area contributed by atoms with Crippen LogP contribution in [0.4, 0.5) is 5.69 Å². The Balaban J connectivity index is 1.88. The highest BCUT2D eigenvalue weighted by Gasteiger charge is 2.24. The van der Waals surface area contributed by atoms with Crippen molar-refractivity contribution in [3.05, 3.63) is 68.9 Å². The number of hydrogen-bond acceptors (Lipinski definition) is 4. The Labute approximate surface area is 148 Å². The Bertz CT molecular complexity index is 980. The predicted octanol–water partition coefficient (Wildman–Crippen LogP) is 4.69. The smallest absolute Gasteiger partial charge is 0.271 e. The van der Waals surface area contributed by atoms with Crippen molar-refractivity contribution in [3.63, 3.8) is 0 Å². The van der Waals surface area contributed by atoms with Gasteiger partial charge in [0.1, 0.15) is 5.75 Å². The molecule has 0 radical (unpaired) electrons. The van der Waals surface area contributed by atoms with Gasteiger partial charge in [-0.2, -0.15) is 0 Å². The first-order chi connectivity index (χ1) is 11.9. The summed E-state index contributed by atoms with van der Waals surface area (Å²) >= 11 is 6.03. The van der Waals surface area contributed by atoms with Gasteiger partial charge in [-0.3, -0.25) is 14.9 Å². The molecule has 3 rings (SSSR count). The summed E-state index contributed by atoms with van der Waals surface area (Å²) in [5.74, 6) is 0.0370. The zero-order valence-corrected chi connectivity index (χ0v) is 14.3. The second kappa shape index (κ2) is 6.57. The summed E-state index contributed by atoms with van der Waals surface area (Å²) in [6.45, 7) is 3.46. The molecule has 0 amide bonds. The van der Waals surface area contributed by atoms with Gasteiger partial charge in [-0.25, -0.2) is 0 Å². The van der Waals surface area contributed by atoms with Gasteiger partial charge in [0.25, 0.3) is 5.69 Å². The summed E-state index contributed by atoms with van der Waals surface area (Å²) in [6.07, 6.45) is -0.795. The largest absolute Gasteiger partial charge is 0.481 e. The minimum atomic E-state index is -0.795. The SMILES string of the molecule is Cc1[nH]c2ccccc2c1C(=O)[C@H](C)Oc1ccc([N+](=O)[O-])cc1Cl. The summed E-state index contributed by atoms with van der Waals surface area (Å²) < 4.78 is 5.65. The summed E-state index contributed by atoms with van der Waals surface area (Å²) in [6, 6.07) is 11.4. The van der Waals surface area contributed by atoms with E-state index in [2.05, 4.69) is 4.98 Å². The van der Waals surface area contributed by atoms with Crippen molar-refractivity contribution >= 4 is 34.0 Å². The molecule has 3 aromatic rings. The minimum absolute atomic E-state index is 0.0875. The molecule has 0 saturated carbocycles. The number of hydrogen-bond donors (Lipinski definition) is 1. The molecule has 25 heavy (non-hydrogen) atoms. The molecule has 0 fully saturated rings. The van der Waals surface area contributed by atoms with Crippen LogP contribution in [0.3, 0.4) is 0 Å². The lowest BCUT2D eigenvalue weighted by atomic mass is 10.0. The van der Waals surface area contributed by atoms with Gasteiger partial charge in [0.2, 0.25) is 5.78 Å². The van der Waals surface area contributed by atoms with Gasteiger partial charge in [-0.05, 0) is 26.0 Å². The van der Waals surface area contributed by atoms with Crippen LogP contribution < -0.4 is 4.74 Å². The van der Waals surface area contributed by atoms with Crippen molar-refractivity contribution in [3.8, 4) is 5.75 Å². The normalized spacial score (nSPS) is 12.1. The number of nitro benzene ring substituents is 1. The topological polar surface area (TPSA) is 85.2 Å². The van der Waals surface area contributed by atoms with Gasteiger partial charge >= 0.3 is 0 Å². The molecular weight excluding hydrogens is 344 g/mol. The molecule has 1 heterocycles. The highest BCUT2D eigenvalue weighted by atomic mass is 35.5. The fraction of sp³-hybridized carbons (Fsp3) is 0.167. The Morgan fingerprint density at radius 3 is 2.68 bits per heavy atom. The number of fused-ring (bicyclic) bond motifs is 1. The number of nitrogens with zero attached hydrogens (tertiary/aromatic N) is 1. The Kier molecular flexibility index (Phi) is 4.46. The van der Waals surface area contributed by atoms with Gasteiger partial charge < -0.3 is 9.72 Å². The zero-order valence-electron chi connectivity index (χ0n) is 13.6. The second-order valence-electron chi connectivity index (χ2n) is 5.67. The number of aromatic amines is 1. The molecule has 7 heteroatoms. The quantitative estimate of drug-likeness (QED) is 0.407. The van der Waals surface area contributed by atoms with Crippen LogP contribution in [0.25, 0.3) is 10.9 Å². The van der Waals surface area contributed by atoms with Crippen molar-refractivity contribution < 1.29 is 14.5 Å². The maximum absolute atomic E-state index is 12.8. The van der Waals surface area contributed by atoms with Crippen LogP contribution in [0.5, 0.6) is 5.75 Å². The number of nitrogens with one attached hydrogen (secondary N) is 1. The van der Waals surface area contributed by atoms with E-state index in [4.69, 9.17) is 16.3 Å². The van der Waals surface area contributed by atoms with Gasteiger partial charge in [0, 0.05) is 34.3 Å². The number of benzene rings is 2. The lowest BCUT2D eigenvalue weighted by molar-refractivity contribution is -0.384. The van der Waals surface area contributed by atoms with E-state index in [9.17, 15) is 14.9 Å². The van der Waals surface area contributed by atoms with Crippen molar-refractivity contribution in [2.24, 2.45) is 0 Å². The van der Waals surface area contributed by atoms with Gasteiger partial charge in [-0.1, -0.05) is 29.8 Å². The van der Waals surface area contributed by atoms with Crippen LogP contribution in [-0.2, 0) is 0 Å². The third kappa shape index (κ3) is 3.21. The molecule has 1 N–H and O–H groups in total. The summed E-state index contributed by atoms with van der Waals surface area (Å²) in [7, 11) is 0. The Hall–Kier alpha value is -2.86. The fourth-order valence-corrected chi connectivity index (χ4v) is 2.96. The molecule has 0 aliphatic rings. The average Bonchev–Trinajstić information content (AvgIpc) is 2.91. The Morgan fingerprint density at radius 2 is 2.00 bits per heavy atom. The molecule has 0 saturated heterocycles. The van der Waals surface area contributed by atoms with Crippen LogP contribution in [0.2, 0.25) is 5.02 Å². The molecule has 0 spiro atoms. The van der Waals surface area contributed by atoms with E-state index in [1.165, 1.54) is 18.2 Å². The van der Waals surface area contributed by atoms with Crippen molar-refractivity contribution in [1.29, 1.82) is 0 Å². The van der Waals surface area contributed by atoms with Crippen molar-refractivity contribution in [1.82, 2.24) is 4.98 Å². The maximum Gasteiger partial charge on any atom is 0.271 e. The summed E-state index contributed by atoms with van der Waals surface area (Å²) in [4.78, 5) is 26.2. The van der Waals surface area contributed by atoms with Crippen LogP contribution in [0.15, 0.2) is 42.5 Å². The third-order valence-electron chi connectivity index (χ3n) is 3.94. The number of carbonyl (C=O) groups excluding carboxylic acids is 1. The van der Waals surface area contributed by atoms with E-state index < -0.39 is 11.0 Å². The van der Waals surface area contributed by atoms with E-state index in [1.807, 2.05) is 31.2 Å². The van der Waals surface area contributed by atoms with Crippen LogP contribution >= 0.6 is 11.6 Å². The lowest BCUT2D eigenvalue weighted by Crippen LogP contribution is -2.24. The van der Waals surface area contributed by atoms with Crippen LogP contribution in [0, 0.1) is 17.0 Å². The molecule has 128 valence electrons. The average molecular weight is 359 g/mol. The number of halogens is 1. The van der Waals surface area contributed by atoms with E-state index in [0.29, 0.717) is 5.56 Å². The molecule has 6 nitrogen and oxygen atoms in total. The lowest BCUT2D eigenvalue weighted by Gasteiger charge is -2.15. The third-order valence-corrected chi connectivity index (χ3v) is 4.23. The maximum atomic E-state index is 12.8. The van der Waals surface area contributed by atoms with Crippen LogP contribution in [0.1, 0.15) is 23.0 Å². The number of non-ortho nitro benzene ring substituents is 1. The minimum Gasteiger partial charge on any atom is -0.481 e. The molecule has 1 aromatic heterocycles. The van der Waals surface area contributed by atoms with Crippen LogP contribution in [-0.4, -0.2) is 21.8 Å².